The molecule has 0 unspecified atom stereocenters. The van der Waals surface area contributed by atoms with Crippen LogP contribution >= 0.6 is 0 Å². The second kappa shape index (κ2) is 2.59. The number of hydrogen-bond acceptors (Lipinski definition) is 2. The Bertz CT molecular complexity index is 297. The minimum Gasteiger partial charge on any atom is -0.480 e. The van der Waals surface area contributed by atoms with Gasteiger partial charge in [-0.2, -0.15) is 0 Å². The van der Waals surface area contributed by atoms with Crippen molar-refractivity contribution >= 4 is 11.9 Å². The van der Waals surface area contributed by atoms with Crippen LogP contribution in [0.1, 0.15) is 25.7 Å². The topological polar surface area (TPSA) is 74.6 Å². The molecule has 0 atom stereocenters. The number of rotatable bonds is 2. The van der Waals surface area contributed by atoms with E-state index in [-0.39, 0.29) is 18.3 Å². The molecule has 0 bridgehead atoms. The molecule has 2 N–H and O–H groups in total. The van der Waals surface area contributed by atoms with Crippen molar-refractivity contribution in [3.63, 3.8) is 0 Å². The SMILES string of the molecule is O=C(O)C1(C(=O)O)CC2(CC=CC2)C1. The first kappa shape index (κ1) is 9.24. The molecule has 1 fully saturated rings. The highest BCUT2D eigenvalue weighted by molar-refractivity contribution is 5.99. The van der Waals surface area contributed by atoms with Gasteiger partial charge in [0.25, 0.3) is 0 Å². The van der Waals surface area contributed by atoms with E-state index in [0.717, 1.165) is 12.8 Å². The van der Waals surface area contributed by atoms with Crippen molar-refractivity contribution in [2.45, 2.75) is 25.7 Å². The Kier molecular flexibility index (Phi) is 1.71. The van der Waals surface area contributed by atoms with Gasteiger partial charge in [0.05, 0.1) is 0 Å². The van der Waals surface area contributed by atoms with Crippen LogP contribution in [-0.2, 0) is 9.59 Å². The second-order valence-corrected chi connectivity index (χ2v) is 4.43. The van der Waals surface area contributed by atoms with Crippen molar-refractivity contribution < 1.29 is 19.8 Å². The molecule has 0 aromatic carbocycles. The van der Waals surface area contributed by atoms with Gasteiger partial charge in [0.1, 0.15) is 0 Å². The normalized spacial score (nSPS) is 26.0. The monoisotopic (exact) mass is 196 g/mol. The van der Waals surface area contributed by atoms with Gasteiger partial charge >= 0.3 is 11.9 Å². The average Bonchev–Trinajstić information content (AvgIpc) is 2.46. The van der Waals surface area contributed by atoms with E-state index in [1.165, 1.54) is 0 Å². The molecule has 1 saturated carbocycles. The number of carboxylic acids is 2. The quantitative estimate of drug-likeness (QED) is 0.515. The van der Waals surface area contributed by atoms with E-state index in [1.807, 2.05) is 12.2 Å². The molecule has 4 heteroatoms. The predicted molar refractivity (Wildman–Crippen MR) is 47.7 cm³/mol. The Labute approximate surface area is 81.2 Å². The van der Waals surface area contributed by atoms with Gasteiger partial charge in [-0.15, -0.1) is 0 Å². The van der Waals surface area contributed by atoms with Gasteiger partial charge in [0, 0.05) is 0 Å². The summed E-state index contributed by atoms with van der Waals surface area (Å²) in [6.45, 7) is 0. The Hall–Kier alpha value is -1.32. The van der Waals surface area contributed by atoms with E-state index >= 15 is 0 Å². The summed E-state index contributed by atoms with van der Waals surface area (Å²) >= 11 is 0. The molecule has 0 saturated heterocycles. The first-order chi connectivity index (χ1) is 6.51. The first-order valence-electron chi connectivity index (χ1n) is 4.63. The van der Waals surface area contributed by atoms with E-state index in [1.54, 1.807) is 0 Å². The van der Waals surface area contributed by atoms with E-state index in [0.29, 0.717) is 0 Å². The fraction of sp³-hybridized carbons (Fsp3) is 0.600. The van der Waals surface area contributed by atoms with Gasteiger partial charge in [-0.05, 0) is 31.1 Å². The van der Waals surface area contributed by atoms with Gasteiger partial charge in [-0.3, -0.25) is 9.59 Å². The molecular formula is C10H12O4. The summed E-state index contributed by atoms with van der Waals surface area (Å²) in [5, 5.41) is 17.8. The van der Waals surface area contributed by atoms with E-state index in [2.05, 4.69) is 0 Å². The maximum atomic E-state index is 10.9. The van der Waals surface area contributed by atoms with Crippen LogP contribution in [0.4, 0.5) is 0 Å². The summed E-state index contributed by atoms with van der Waals surface area (Å²) in [6, 6.07) is 0. The lowest BCUT2D eigenvalue weighted by molar-refractivity contribution is -0.183. The van der Waals surface area contributed by atoms with Gasteiger partial charge in [0.2, 0.25) is 0 Å². The fourth-order valence-electron chi connectivity index (χ4n) is 2.66. The Balaban J connectivity index is 2.15. The third-order valence-corrected chi connectivity index (χ3v) is 3.44. The zero-order chi connectivity index (χ0) is 10.4. The largest absolute Gasteiger partial charge is 0.480 e. The standard InChI is InChI=1S/C10H12O4/c11-7(12)10(8(13)14)5-9(6-10)3-1-2-4-9/h1-2H,3-6H2,(H,11,12)(H,13,14). The number of hydrogen-bond donors (Lipinski definition) is 2. The Morgan fingerprint density at radius 2 is 1.43 bits per heavy atom. The molecule has 2 rings (SSSR count). The summed E-state index contributed by atoms with van der Waals surface area (Å²) in [4.78, 5) is 21.8. The zero-order valence-corrected chi connectivity index (χ0v) is 7.69. The van der Waals surface area contributed by atoms with Gasteiger partial charge < -0.3 is 10.2 Å². The minimum absolute atomic E-state index is 0.0587. The summed E-state index contributed by atoms with van der Waals surface area (Å²) in [5.41, 5.74) is -1.57. The summed E-state index contributed by atoms with van der Waals surface area (Å²) in [7, 11) is 0. The molecule has 0 amide bonds. The molecule has 2 aliphatic carbocycles. The van der Waals surface area contributed by atoms with Crippen molar-refractivity contribution in [3.05, 3.63) is 12.2 Å². The summed E-state index contributed by atoms with van der Waals surface area (Å²) in [5.74, 6) is -2.38. The molecule has 0 aliphatic heterocycles. The van der Waals surface area contributed by atoms with E-state index < -0.39 is 17.4 Å². The second-order valence-electron chi connectivity index (χ2n) is 4.43. The number of carbonyl (C=O) groups is 2. The molecular weight excluding hydrogens is 184 g/mol. The van der Waals surface area contributed by atoms with Gasteiger partial charge in [-0.1, -0.05) is 12.2 Å². The van der Waals surface area contributed by atoms with Crippen LogP contribution in [-0.4, -0.2) is 22.2 Å². The summed E-state index contributed by atoms with van der Waals surface area (Å²) in [6.07, 6.45) is 6.22. The molecule has 0 aromatic heterocycles. The lowest BCUT2D eigenvalue weighted by atomic mass is 9.51. The molecule has 14 heavy (non-hydrogen) atoms. The van der Waals surface area contributed by atoms with Crippen LogP contribution in [0.2, 0.25) is 0 Å². The molecule has 0 radical (unpaired) electrons. The van der Waals surface area contributed by atoms with Gasteiger partial charge in [-0.25, -0.2) is 0 Å². The predicted octanol–water partition coefficient (Wildman–Crippen LogP) is 1.27. The van der Waals surface area contributed by atoms with Crippen LogP contribution in [0, 0.1) is 10.8 Å². The molecule has 4 nitrogen and oxygen atoms in total. The molecule has 2 aliphatic rings. The molecule has 76 valence electrons. The lowest BCUT2D eigenvalue weighted by Gasteiger charge is -2.49. The third kappa shape index (κ3) is 0.997. The van der Waals surface area contributed by atoms with Crippen molar-refractivity contribution in [3.8, 4) is 0 Å². The zero-order valence-electron chi connectivity index (χ0n) is 7.69. The first-order valence-corrected chi connectivity index (χ1v) is 4.63. The lowest BCUT2D eigenvalue weighted by Crippen LogP contribution is -2.55. The maximum Gasteiger partial charge on any atom is 0.321 e. The Morgan fingerprint density at radius 1 is 1.00 bits per heavy atom. The van der Waals surface area contributed by atoms with Crippen molar-refractivity contribution in [1.82, 2.24) is 0 Å². The third-order valence-electron chi connectivity index (χ3n) is 3.44. The van der Waals surface area contributed by atoms with Crippen molar-refractivity contribution in [1.29, 1.82) is 0 Å². The minimum atomic E-state index is -1.51. The summed E-state index contributed by atoms with van der Waals surface area (Å²) < 4.78 is 0. The number of aliphatic carboxylic acids is 2. The van der Waals surface area contributed by atoms with E-state index in [9.17, 15) is 9.59 Å². The molecule has 1 spiro atoms. The van der Waals surface area contributed by atoms with Gasteiger partial charge in [0.15, 0.2) is 5.41 Å². The van der Waals surface area contributed by atoms with Crippen LogP contribution in [0.25, 0.3) is 0 Å². The van der Waals surface area contributed by atoms with Crippen LogP contribution in [0.3, 0.4) is 0 Å². The number of carboxylic acid groups (broad SMARTS) is 2. The van der Waals surface area contributed by atoms with E-state index in [4.69, 9.17) is 10.2 Å². The molecule has 0 aromatic rings. The van der Waals surface area contributed by atoms with Crippen LogP contribution in [0.5, 0.6) is 0 Å². The smallest absolute Gasteiger partial charge is 0.321 e. The van der Waals surface area contributed by atoms with Crippen LogP contribution in [0.15, 0.2) is 12.2 Å². The van der Waals surface area contributed by atoms with Crippen LogP contribution < -0.4 is 0 Å². The van der Waals surface area contributed by atoms with Crippen molar-refractivity contribution in [2.75, 3.05) is 0 Å². The van der Waals surface area contributed by atoms with Crippen molar-refractivity contribution in [2.24, 2.45) is 10.8 Å². The fourth-order valence-corrected chi connectivity index (χ4v) is 2.66. The Morgan fingerprint density at radius 3 is 1.79 bits per heavy atom. The average molecular weight is 196 g/mol. The highest BCUT2D eigenvalue weighted by Crippen LogP contribution is 2.60. The number of allylic oxidation sites excluding steroid dienone is 2. The highest BCUT2D eigenvalue weighted by Gasteiger charge is 2.63. The molecule has 0 heterocycles. The highest BCUT2D eigenvalue weighted by atomic mass is 16.4. The maximum absolute atomic E-state index is 10.9.